The molecule has 0 saturated heterocycles. The molecule has 0 unspecified atom stereocenters. The zero-order valence-corrected chi connectivity index (χ0v) is 15.3. The molecular weight excluding hydrogens is 302 g/mol. The second-order valence-corrected chi connectivity index (χ2v) is 6.72. The van der Waals surface area contributed by atoms with Gasteiger partial charge in [-0.15, -0.1) is 0 Å². The zero-order valence-electron chi connectivity index (χ0n) is 15.3. The first-order valence-corrected chi connectivity index (χ1v) is 9.28. The van der Waals surface area contributed by atoms with Gasteiger partial charge in [0.25, 0.3) is 5.91 Å². The number of rotatable bonds is 9. The lowest BCUT2D eigenvalue weighted by Crippen LogP contribution is -2.38. The summed E-state index contributed by atoms with van der Waals surface area (Å²) in [5.74, 6) is 0.764. The minimum atomic E-state index is -0.433. The SMILES string of the molecule is CC[C@@H](Oc1ccc2c(c1)CCCC2)C(=O)NCCCOC(C)C. The van der Waals surface area contributed by atoms with Crippen molar-refractivity contribution < 1.29 is 14.3 Å². The summed E-state index contributed by atoms with van der Waals surface area (Å²) in [6.07, 6.45) is 6.07. The van der Waals surface area contributed by atoms with Crippen LogP contribution in [-0.4, -0.2) is 31.3 Å². The van der Waals surface area contributed by atoms with Gasteiger partial charge in [0, 0.05) is 13.2 Å². The van der Waals surface area contributed by atoms with Crippen molar-refractivity contribution in [1.82, 2.24) is 5.32 Å². The number of benzene rings is 1. The second-order valence-electron chi connectivity index (χ2n) is 6.72. The van der Waals surface area contributed by atoms with Crippen molar-refractivity contribution in [2.75, 3.05) is 13.2 Å². The highest BCUT2D eigenvalue weighted by atomic mass is 16.5. The minimum absolute atomic E-state index is 0.0419. The lowest BCUT2D eigenvalue weighted by molar-refractivity contribution is -0.128. The summed E-state index contributed by atoms with van der Waals surface area (Å²) in [7, 11) is 0. The van der Waals surface area contributed by atoms with Gasteiger partial charge < -0.3 is 14.8 Å². The Morgan fingerprint density at radius 1 is 1.21 bits per heavy atom. The van der Waals surface area contributed by atoms with Crippen LogP contribution in [0.1, 0.15) is 57.6 Å². The van der Waals surface area contributed by atoms with E-state index in [4.69, 9.17) is 9.47 Å². The first-order chi connectivity index (χ1) is 11.6. The van der Waals surface area contributed by atoms with Gasteiger partial charge in [0.15, 0.2) is 6.10 Å². The summed E-state index contributed by atoms with van der Waals surface area (Å²) >= 11 is 0. The van der Waals surface area contributed by atoms with Crippen molar-refractivity contribution >= 4 is 5.91 Å². The van der Waals surface area contributed by atoms with Crippen LogP contribution in [0.15, 0.2) is 18.2 Å². The molecule has 0 aromatic heterocycles. The molecule has 2 rings (SSSR count). The molecule has 1 aromatic rings. The van der Waals surface area contributed by atoms with Gasteiger partial charge >= 0.3 is 0 Å². The number of carbonyl (C=O) groups excluding carboxylic acids is 1. The van der Waals surface area contributed by atoms with E-state index >= 15 is 0 Å². The Kier molecular flexibility index (Phi) is 7.57. The molecule has 134 valence electrons. The number of hydrogen-bond acceptors (Lipinski definition) is 3. The first kappa shape index (κ1) is 18.8. The molecular formula is C20H31NO3. The third-order valence-electron chi connectivity index (χ3n) is 4.33. The Morgan fingerprint density at radius 3 is 2.67 bits per heavy atom. The molecule has 0 aliphatic heterocycles. The zero-order chi connectivity index (χ0) is 17.4. The van der Waals surface area contributed by atoms with Gasteiger partial charge in [0.05, 0.1) is 6.10 Å². The average Bonchev–Trinajstić information content (AvgIpc) is 2.58. The minimum Gasteiger partial charge on any atom is -0.481 e. The summed E-state index contributed by atoms with van der Waals surface area (Å²) in [6.45, 7) is 7.29. The second kappa shape index (κ2) is 9.67. The van der Waals surface area contributed by atoms with Gasteiger partial charge in [-0.05, 0) is 75.6 Å². The number of hydrogen-bond donors (Lipinski definition) is 1. The summed E-state index contributed by atoms with van der Waals surface area (Å²) < 4.78 is 11.4. The van der Waals surface area contributed by atoms with E-state index in [0.717, 1.165) is 25.0 Å². The summed E-state index contributed by atoms with van der Waals surface area (Å²) in [5.41, 5.74) is 2.80. The maximum Gasteiger partial charge on any atom is 0.261 e. The monoisotopic (exact) mass is 333 g/mol. The third kappa shape index (κ3) is 5.82. The maximum absolute atomic E-state index is 12.3. The fourth-order valence-electron chi connectivity index (χ4n) is 2.99. The average molecular weight is 333 g/mol. The van der Waals surface area contributed by atoms with E-state index in [-0.39, 0.29) is 12.0 Å². The standard InChI is InChI=1S/C20H31NO3/c1-4-19(20(22)21-12-7-13-23-15(2)3)24-18-11-10-16-8-5-6-9-17(16)14-18/h10-11,14-15,19H,4-9,12-13H2,1-3H3,(H,21,22)/t19-/m1/s1. The van der Waals surface area contributed by atoms with Crippen LogP contribution in [0.25, 0.3) is 0 Å². The molecule has 0 spiro atoms. The molecule has 4 heteroatoms. The number of nitrogens with one attached hydrogen (secondary N) is 1. The fourth-order valence-corrected chi connectivity index (χ4v) is 2.99. The third-order valence-corrected chi connectivity index (χ3v) is 4.33. The van der Waals surface area contributed by atoms with E-state index in [0.29, 0.717) is 19.6 Å². The highest BCUT2D eigenvalue weighted by Gasteiger charge is 2.19. The molecule has 4 nitrogen and oxygen atoms in total. The topological polar surface area (TPSA) is 47.6 Å². The molecule has 0 fully saturated rings. The molecule has 0 heterocycles. The normalized spacial score (nSPS) is 15.0. The fraction of sp³-hybridized carbons (Fsp3) is 0.650. The summed E-state index contributed by atoms with van der Waals surface area (Å²) in [4.78, 5) is 12.3. The van der Waals surface area contributed by atoms with Crippen LogP contribution in [0, 0.1) is 0 Å². The maximum atomic E-state index is 12.3. The first-order valence-electron chi connectivity index (χ1n) is 9.28. The summed E-state index contributed by atoms with van der Waals surface area (Å²) in [5, 5.41) is 2.95. The van der Waals surface area contributed by atoms with Crippen LogP contribution in [0.3, 0.4) is 0 Å². The van der Waals surface area contributed by atoms with Crippen molar-refractivity contribution in [3.8, 4) is 5.75 Å². The molecule has 0 saturated carbocycles. The molecule has 1 amide bonds. The quantitative estimate of drug-likeness (QED) is 0.702. The smallest absolute Gasteiger partial charge is 0.261 e. The van der Waals surface area contributed by atoms with Crippen LogP contribution in [0.5, 0.6) is 5.75 Å². The highest BCUT2D eigenvalue weighted by molar-refractivity contribution is 5.81. The Labute approximate surface area is 145 Å². The van der Waals surface area contributed by atoms with Crippen LogP contribution >= 0.6 is 0 Å². The van der Waals surface area contributed by atoms with Crippen molar-refractivity contribution in [2.24, 2.45) is 0 Å². The predicted octanol–water partition coefficient (Wildman–Crippen LogP) is 3.65. The van der Waals surface area contributed by atoms with Crippen LogP contribution < -0.4 is 10.1 Å². The molecule has 0 bridgehead atoms. The molecule has 1 N–H and O–H groups in total. The van der Waals surface area contributed by atoms with Crippen molar-refractivity contribution in [3.63, 3.8) is 0 Å². The van der Waals surface area contributed by atoms with Crippen LogP contribution in [0.4, 0.5) is 0 Å². The van der Waals surface area contributed by atoms with E-state index in [1.165, 1.54) is 24.0 Å². The van der Waals surface area contributed by atoms with E-state index in [1.807, 2.05) is 26.8 Å². The number of carbonyl (C=O) groups is 1. The van der Waals surface area contributed by atoms with E-state index in [1.54, 1.807) is 0 Å². The van der Waals surface area contributed by atoms with Gasteiger partial charge in [0.1, 0.15) is 5.75 Å². The largest absolute Gasteiger partial charge is 0.481 e. The number of amides is 1. The van der Waals surface area contributed by atoms with Crippen LogP contribution in [0.2, 0.25) is 0 Å². The molecule has 1 atom stereocenters. The molecule has 24 heavy (non-hydrogen) atoms. The van der Waals surface area contributed by atoms with Crippen LogP contribution in [-0.2, 0) is 22.4 Å². The Morgan fingerprint density at radius 2 is 1.96 bits per heavy atom. The van der Waals surface area contributed by atoms with E-state index in [9.17, 15) is 4.79 Å². The molecule has 1 aliphatic rings. The van der Waals surface area contributed by atoms with Gasteiger partial charge in [-0.1, -0.05) is 13.0 Å². The van der Waals surface area contributed by atoms with Gasteiger partial charge in [-0.25, -0.2) is 0 Å². The lowest BCUT2D eigenvalue weighted by atomic mass is 9.92. The highest BCUT2D eigenvalue weighted by Crippen LogP contribution is 2.26. The Hall–Kier alpha value is -1.55. The number of fused-ring (bicyclic) bond motifs is 1. The Balaban J connectivity index is 1.81. The number of aryl methyl sites for hydroxylation is 2. The lowest BCUT2D eigenvalue weighted by Gasteiger charge is -2.20. The van der Waals surface area contributed by atoms with E-state index < -0.39 is 6.10 Å². The molecule has 1 aliphatic carbocycles. The Bertz CT molecular complexity index is 528. The van der Waals surface area contributed by atoms with Gasteiger partial charge in [-0.2, -0.15) is 0 Å². The van der Waals surface area contributed by atoms with Crippen molar-refractivity contribution in [1.29, 1.82) is 0 Å². The van der Waals surface area contributed by atoms with E-state index in [2.05, 4.69) is 17.4 Å². The van der Waals surface area contributed by atoms with Crippen molar-refractivity contribution in [2.45, 2.75) is 71.5 Å². The van der Waals surface area contributed by atoms with Gasteiger partial charge in [-0.3, -0.25) is 4.79 Å². The number of ether oxygens (including phenoxy) is 2. The molecule has 0 radical (unpaired) electrons. The summed E-state index contributed by atoms with van der Waals surface area (Å²) in [6, 6.07) is 6.26. The van der Waals surface area contributed by atoms with Gasteiger partial charge in [0.2, 0.25) is 0 Å². The molecule has 1 aromatic carbocycles. The predicted molar refractivity (Wildman–Crippen MR) is 96.5 cm³/mol. The van der Waals surface area contributed by atoms with Crippen molar-refractivity contribution in [3.05, 3.63) is 29.3 Å².